The molecule has 1 aromatic rings. The summed E-state index contributed by atoms with van der Waals surface area (Å²) in [6.45, 7) is 2.06. The minimum atomic E-state index is -1.17. The van der Waals surface area contributed by atoms with E-state index in [1.54, 1.807) is 12.1 Å². The number of ether oxygens (including phenoxy) is 3. The number of benzene rings is 1. The number of aromatic carboxylic acids is 1. The van der Waals surface area contributed by atoms with E-state index < -0.39 is 18.0 Å². The van der Waals surface area contributed by atoms with Gasteiger partial charge in [0.2, 0.25) is 11.8 Å². The molecule has 0 bridgehead atoms. The molecule has 2 amide bonds. The Morgan fingerprint density at radius 3 is 2.15 bits per heavy atom. The fourth-order valence-corrected chi connectivity index (χ4v) is 3.48. The van der Waals surface area contributed by atoms with Crippen LogP contribution in [0.1, 0.15) is 68.1 Å². The second-order valence-electron chi connectivity index (χ2n) is 8.77. The number of hydrogen-bond acceptors (Lipinski definition) is 7. The van der Waals surface area contributed by atoms with Gasteiger partial charge in [0.1, 0.15) is 18.4 Å². The molecule has 11 nitrogen and oxygen atoms in total. The molecule has 0 aliphatic rings. The molecule has 1 rings (SSSR count). The van der Waals surface area contributed by atoms with Gasteiger partial charge in [0.05, 0.1) is 32.0 Å². The Kier molecular flexibility index (Phi) is 18.3. The average molecular weight is 549 g/mol. The van der Waals surface area contributed by atoms with Gasteiger partial charge in [0, 0.05) is 19.4 Å². The van der Waals surface area contributed by atoms with Crippen molar-refractivity contribution >= 4 is 23.8 Å². The standard InChI is InChI=1S/C28H40N2O9/c1-2-17-37-20-21-38-19-16-29-25(31)15-14-24(28(35)36)30-26(32)9-7-5-3-4-6-8-18-39-23-12-10-22(11-13-23)27(33)34/h1,10-13,24H,3-9,14-21H2,(H,29,31)(H,30,32)(H,33,34)(H,35,36)/t24-/m0/s1. The molecule has 0 fully saturated rings. The van der Waals surface area contributed by atoms with Crippen LogP contribution in [0.25, 0.3) is 0 Å². The first kappa shape index (κ1) is 33.4. The number of amides is 2. The first-order valence-electron chi connectivity index (χ1n) is 13.2. The van der Waals surface area contributed by atoms with Crippen LogP contribution in [0.15, 0.2) is 24.3 Å². The van der Waals surface area contributed by atoms with Crippen molar-refractivity contribution in [2.45, 2.75) is 63.8 Å². The number of aliphatic carboxylic acids is 1. The molecule has 0 saturated carbocycles. The topological polar surface area (TPSA) is 160 Å². The van der Waals surface area contributed by atoms with Crippen molar-refractivity contribution in [1.82, 2.24) is 10.6 Å². The molecule has 1 atom stereocenters. The lowest BCUT2D eigenvalue weighted by molar-refractivity contribution is -0.142. The lowest BCUT2D eigenvalue weighted by Crippen LogP contribution is -2.41. The second kappa shape index (κ2) is 21.3. The summed E-state index contributed by atoms with van der Waals surface area (Å²) in [5.74, 6) is 0.170. The predicted molar refractivity (Wildman–Crippen MR) is 143 cm³/mol. The van der Waals surface area contributed by atoms with E-state index in [0.29, 0.717) is 38.6 Å². The molecule has 0 spiro atoms. The lowest BCUT2D eigenvalue weighted by Gasteiger charge is -2.14. The highest BCUT2D eigenvalue weighted by Crippen LogP contribution is 2.14. The highest BCUT2D eigenvalue weighted by atomic mass is 16.5. The second-order valence-corrected chi connectivity index (χ2v) is 8.77. The largest absolute Gasteiger partial charge is 0.494 e. The predicted octanol–water partition coefficient (Wildman–Crippen LogP) is 2.63. The molecule has 0 saturated heterocycles. The zero-order chi connectivity index (χ0) is 28.7. The molecule has 11 heteroatoms. The zero-order valence-corrected chi connectivity index (χ0v) is 22.3. The Labute approximate surface area is 229 Å². The molecular formula is C28H40N2O9. The number of terminal acetylenes is 1. The van der Waals surface area contributed by atoms with E-state index >= 15 is 0 Å². The third-order valence-electron chi connectivity index (χ3n) is 5.59. The summed E-state index contributed by atoms with van der Waals surface area (Å²) in [7, 11) is 0. The number of carbonyl (C=O) groups excluding carboxylic acids is 2. The maximum Gasteiger partial charge on any atom is 0.335 e. The minimum Gasteiger partial charge on any atom is -0.494 e. The fraction of sp³-hybridized carbons (Fsp3) is 0.571. The number of carboxylic acid groups (broad SMARTS) is 2. The first-order valence-corrected chi connectivity index (χ1v) is 13.2. The summed E-state index contributed by atoms with van der Waals surface area (Å²) in [5.41, 5.74) is 0.218. The molecule has 4 N–H and O–H groups in total. The molecule has 0 aromatic heterocycles. The van der Waals surface area contributed by atoms with Crippen molar-refractivity contribution in [2.24, 2.45) is 0 Å². The van der Waals surface area contributed by atoms with Crippen LogP contribution in [-0.2, 0) is 23.9 Å². The molecular weight excluding hydrogens is 508 g/mol. The van der Waals surface area contributed by atoms with Crippen LogP contribution in [0.5, 0.6) is 5.75 Å². The number of rotatable bonds is 23. The van der Waals surface area contributed by atoms with E-state index in [0.717, 1.165) is 32.1 Å². The number of nitrogens with one attached hydrogen (secondary N) is 2. The van der Waals surface area contributed by atoms with Gasteiger partial charge in [-0.25, -0.2) is 9.59 Å². The average Bonchev–Trinajstić information content (AvgIpc) is 2.91. The summed E-state index contributed by atoms with van der Waals surface area (Å²) < 4.78 is 15.9. The van der Waals surface area contributed by atoms with Crippen LogP contribution < -0.4 is 15.4 Å². The minimum absolute atomic E-state index is 0.000529. The third kappa shape index (κ3) is 17.5. The fourth-order valence-electron chi connectivity index (χ4n) is 3.48. The van der Waals surface area contributed by atoms with Crippen LogP contribution in [0.4, 0.5) is 0 Å². The van der Waals surface area contributed by atoms with Gasteiger partial charge >= 0.3 is 11.9 Å². The van der Waals surface area contributed by atoms with Crippen molar-refractivity contribution in [3.8, 4) is 18.1 Å². The van der Waals surface area contributed by atoms with Gasteiger partial charge in [-0.15, -0.1) is 6.42 Å². The first-order chi connectivity index (χ1) is 18.8. The quantitative estimate of drug-likeness (QED) is 0.119. The normalized spacial score (nSPS) is 11.3. The summed E-state index contributed by atoms with van der Waals surface area (Å²) in [5, 5.41) is 23.4. The van der Waals surface area contributed by atoms with Gasteiger partial charge in [0.15, 0.2) is 0 Å². The summed E-state index contributed by atoms with van der Waals surface area (Å²) in [6.07, 6.45) is 10.5. The molecule has 0 heterocycles. The van der Waals surface area contributed by atoms with Crippen LogP contribution in [0.3, 0.4) is 0 Å². The van der Waals surface area contributed by atoms with Crippen LogP contribution in [-0.4, -0.2) is 79.6 Å². The Bertz CT molecular complexity index is 913. The van der Waals surface area contributed by atoms with Crippen LogP contribution in [0.2, 0.25) is 0 Å². The highest BCUT2D eigenvalue weighted by Gasteiger charge is 2.20. The van der Waals surface area contributed by atoms with Gasteiger partial charge in [-0.05, 0) is 43.5 Å². The van der Waals surface area contributed by atoms with Crippen molar-refractivity contribution in [3.05, 3.63) is 29.8 Å². The molecule has 39 heavy (non-hydrogen) atoms. The Morgan fingerprint density at radius 2 is 1.49 bits per heavy atom. The summed E-state index contributed by atoms with van der Waals surface area (Å²) >= 11 is 0. The third-order valence-corrected chi connectivity index (χ3v) is 5.59. The molecule has 1 aromatic carbocycles. The van der Waals surface area contributed by atoms with Gasteiger partial charge in [-0.3, -0.25) is 9.59 Å². The van der Waals surface area contributed by atoms with Crippen molar-refractivity contribution in [1.29, 1.82) is 0 Å². The maximum atomic E-state index is 12.1. The number of carboxylic acids is 2. The Balaban J connectivity index is 2.05. The maximum absolute atomic E-state index is 12.1. The lowest BCUT2D eigenvalue weighted by atomic mass is 10.1. The van der Waals surface area contributed by atoms with E-state index in [1.165, 1.54) is 12.1 Å². The van der Waals surface area contributed by atoms with Crippen molar-refractivity contribution < 1.29 is 43.6 Å². The van der Waals surface area contributed by atoms with Crippen LogP contribution >= 0.6 is 0 Å². The smallest absolute Gasteiger partial charge is 0.335 e. The molecule has 0 aliphatic heterocycles. The summed E-state index contributed by atoms with van der Waals surface area (Å²) in [6, 6.07) is 5.17. The number of unbranched alkanes of at least 4 members (excludes halogenated alkanes) is 5. The van der Waals surface area contributed by atoms with E-state index in [1.807, 2.05) is 0 Å². The van der Waals surface area contributed by atoms with E-state index in [9.17, 15) is 24.3 Å². The monoisotopic (exact) mass is 548 g/mol. The van der Waals surface area contributed by atoms with E-state index in [2.05, 4.69) is 16.6 Å². The molecule has 0 radical (unpaired) electrons. The van der Waals surface area contributed by atoms with Crippen molar-refractivity contribution in [3.63, 3.8) is 0 Å². The zero-order valence-electron chi connectivity index (χ0n) is 22.3. The SMILES string of the molecule is C#CCOCCOCCNC(=O)CC[C@H](NC(=O)CCCCCCCCOc1ccc(C(=O)O)cc1)C(=O)O. The van der Waals surface area contributed by atoms with Crippen molar-refractivity contribution in [2.75, 3.05) is 39.6 Å². The van der Waals surface area contributed by atoms with Gasteiger partial charge < -0.3 is 35.1 Å². The highest BCUT2D eigenvalue weighted by molar-refractivity contribution is 5.87. The van der Waals surface area contributed by atoms with Gasteiger partial charge in [-0.1, -0.05) is 31.6 Å². The van der Waals surface area contributed by atoms with Crippen LogP contribution in [0, 0.1) is 12.3 Å². The van der Waals surface area contributed by atoms with Gasteiger partial charge in [-0.2, -0.15) is 0 Å². The van der Waals surface area contributed by atoms with Gasteiger partial charge in [0.25, 0.3) is 0 Å². The molecule has 0 unspecified atom stereocenters. The number of carbonyl (C=O) groups is 4. The molecule has 216 valence electrons. The Morgan fingerprint density at radius 1 is 0.821 bits per heavy atom. The number of hydrogen-bond donors (Lipinski definition) is 4. The van der Waals surface area contributed by atoms with E-state index in [-0.39, 0.29) is 49.8 Å². The summed E-state index contributed by atoms with van der Waals surface area (Å²) in [4.78, 5) is 46.4. The molecule has 0 aliphatic carbocycles. The Hall–Kier alpha value is -3.62. The van der Waals surface area contributed by atoms with E-state index in [4.69, 9.17) is 25.7 Å².